The van der Waals surface area contributed by atoms with Gasteiger partial charge in [-0.1, -0.05) is 43.0 Å². The van der Waals surface area contributed by atoms with Crippen molar-refractivity contribution in [2.45, 2.75) is 18.4 Å². The van der Waals surface area contributed by atoms with Gasteiger partial charge in [0.1, 0.15) is 17.5 Å². The molecule has 136 valence electrons. The molecule has 0 saturated carbocycles. The Morgan fingerprint density at radius 2 is 1.93 bits per heavy atom. The Balaban J connectivity index is 1.58. The first-order valence-electron chi connectivity index (χ1n) is 8.88. The number of nitrogens with one attached hydrogen (secondary N) is 1. The fraction of sp³-hybridized carbons (Fsp3) is 0.190. The van der Waals surface area contributed by atoms with Crippen molar-refractivity contribution in [2.24, 2.45) is 0 Å². The number of fused-ring (bicyclic) bond motifs is 1. The summed E-state index contributed by atoms with van der Waals surface area (Å²) in [5.41, 5.74) is 1.88. The molecule has 1 fully saturated rings. The number of hydrogen-bond donors (Lipinski definition) is 1. The second kappa shape index (κ2) is 7.07. The first-order chi connectivity index (χ1) is 13.2. The molecule has 2 amide bonds. The lowest BCUT2D eigenvalue weighted by Gasteiger charge is -2.22. The van der Waals surface area contributed by atoms with Crippen LogP contribution < -0.4 is 5.32 Å². The highest BCUT2D eigenvalue weighted by atomic mass is 16.2. The Morgan fingerprint density at radius 3 is 2.70 bits per heavy atom. The van der Waals surface area contributed by atoms with Crippen LogP contribution >= 0.6 is 0 Å². The van der Waals surface area contributed by atoms with Crippen LogP contribution in [0.2, 0.25) is 0 Å². The van der Waals surface area contributed by atoms with Crippen molar-refractivity contribution in [3.8, 4) is 0 Å². The molecule has 2 atom stereocenters. The number of likely N-dealkylation sites (tertiary alicyclic amines) is 1. The fourth-order valence-electron chi connectivity index (χ4n) is 3.65. The minimum absolute atomic E-state index is 0.119. The maximum atomic E-state index is 13.0. The Labute approximate surface area is 157 Å². The lowest BCUT2D eigenvalue weighted by molar-refractivity contribution is -0.132. The Morgan fingerprint density at radius 1 is 1.15 bits per heavy atom. The van der Waals surface area contributed by atoms with E-state index in [1.807, 2.05) is 54.7 Å². The fourth-order valence-corrected chi connectivity index (χ4v) is 3.65. The molecule has 6 heteroatoms. The van der Waals surface area contributed by atoms with Crippen LogP contribution in [0, 0.1) is 0 Å². The van der Waals surface area contributed by atoms with Crippen LogP contribution in [0.4, 0.5) is 5.82 Å². The summed E-state index contributed by atoms with van der Waals surface area (Å²) >= 11 is 0. The molecule has 0 aliphatic carbocycles. The van der Waals surface area contributed by atoms with E-state index in [9.17, 15) is 9.59 Å². The average Bonchev–Trinajstić information content (AvgIpc) is 3.33. The predicted octanol–water partition coefficient (Wildman–Crippen LogP) is 2.84. The van der Waals surface area contributed by atoms with E-state index in [4.69, 9.17) is 0 Å². The molecule has 1 N–H and O–H groups in total. The molecule has 0 bridgehead atoms. The van der Waals surface area contributed by atoms with Crippen molar-refractivity contribution in [2.75, 3.05) is 11.9 Å². The van der Waals surface area contributed by atoms with Crippen molar-refractivity contribution in [1.82, 2.24) is 14.3 Å². The number of carbonyl (C=O) groups is 2. The molecule has 1 aliphatic rings. The van der Waals surface area contributed by atoms with E-state index in [-0.39, 0.29) is 17.7 Å². The number of amides is 2. The monoisotopic (exact) mass is 360 g/mol. The van der Waals surface area contributed by atoms with Gasteiger partial charge in [0.05, 0.1) is 6.20 Å². The summed E-state index contributed by atoms with van der Waals surface area (Å²) < 4.78 is 1.81. The number of hydrogen-bond acceptors (Lipinski definition) is 3. The highest BCUT2D eigenvalue weighted by Gasteiger charge is 2.39. The molecule has 0 radical (unpaired) electrons. The molecule has 4 rings (SSSR count). The Kier molecular flexibility index (Phi) is 4.46. The summed E-state index contributed by atoms with van der Waals surface area (Å²) in [6.07, 6.45) is 5.30. The SMILES string of the molecule is C=CC(=O)N1C[C@H](c2ccccc2)C[C@H]1C(=O)Nc1cnc2ccccn12. The molecule has 3 aromatic rings. The number of nitrogens with zero attached hydrogens (tertiary/aromatic N) is 3. The third kappa shape index (κ3) is 3.21. The minimum Gasteiger partial charge on any atom is -0.326 e. The normalized spacial score (nSPS) is 19.2. The standard InChI is InChI=1S/C21H20N4O2/c1-2-20(26)25-14-16(15-8-4-3-5-9-15)12-17(25)21(27)23-19-13-22-18-10-6-7-11-24(18)19/h2-11,13,16-17H,1,12,14H2,(H,23,27)/t16-,17+/m1/s1. The van der Waals surface area contributed by atoms with E-state index in [0.717, 1.165) is 11.2 Å². The zero-order chi connectivity index (χ0) is 18.8. The number of rotatable bonds is 4. The molecule has 1 saturated heterocycles. The Hall–Kier alpha value is -3.41. The minimum atomic E-state index is -0.546. The summed E-state index contributed by atoms with van der Waals surface area (Å²) in [4.78, 5) is 31.2. The third-order valence-electron chi connectivity index (χ3n) is 5.00. The number of imidazole rings is 1. The van der Waals surface area contributed by atoms with E-state index in [1.165, 1.54) is 6.08 Å². The molecule has 3 heterocycles. The highest BCUT2D eigenvalue weighted by molar-refractivity contribution is 5.99. The van der Waals surface area contributed by atoms with Gasteiger partial charge in [-0.2, -0.15) is 0 Å². The van der Waals surface area contributed by atoms with Gasteiger partial charge >= 0.3 is 0 Å². The first-order valence-corrected chi connectivity index (χ1v) is 8.88. The maximum absolute atomic E-state index is 13.0. The van der Waals surface area contributed by atoms with Gasteiger partial charge in [-0.05, 0) is 30.2 Å². The quantitative estimate of drug-likeness (QED) is 0.728. The van der Waals surface area contributed by atoms with E-state index >= 15 is 0 Å². The topological polar surface area (TPSA) is 66.7 Å². The summed E-state index contributed by atoms with van der Waals surface area (Å²) in [5.74, 6) is 0.263. The largest absolute Gasteiger partial charge is 0.326 e. The maximum Gasteiger partial charge on any atom is 0.248 e. The molecule has 0 spiro atoms. The molecule has 6 nitrogen and oxygen atoms in total. The molecule has 27 heavy (non-hydrogen) atoms. The number of anilines is 1. The van der Waals surface area contributed by atoms with Crippen molar-refractivity contribution in [3.05, 3.63) is 79.1 Å². The van der Waals surface area contributed by atoms with Crippen LogP contribution in [-0.4, -0.2) is 38.7 Å². The summed E-state index contributed by atoms with van der Waals surface area (Å²) in [6.45, 7) is 4.08. The second-order valence-corrected chi connectivity index (χ2v) is 6.62. The molecular weight excluding hydrogens is 340 g/mol. The molecule has 1 aliphatic heterocycles. The van der Waals surface area contributed by atoms with E-state index in [1.54, 1.807) is 15.5 Å². The predicted molar refractivity (Wildman–Crippen MR) is 103 cm³/mol. The van der Waals surface area contributed by atoms with Crippen molar-refractivity contribution in [3.63, 3.8) is 0 Å². The van der Waals surface area contributed by atoms with Gasteiger partial charge in [-0.25, -0.2) is 4.98 Å². The molecule has 1 aromatic carbocycles. The number of carbonyl (C=O) groups excluding carboxylic acids is 2. The van der Waals surface area contributed by atoms with Crippen molar-refractivity contribution < 1.29 is 9.59 Å². The average molecular weight is 360 g/mol. The van der Waals surface area contributed by atoms with Gasteiger partial charge in [-0.15, -0.1) is 0 Å². The van der Waals surface area contributed by atoms with Crippen molar-refractivity contribution in [1.29, 1.82) is 0 Å². The number of benzene rings is 1. The highest BCUT2D eigenvalue weighted by Crippen LogP contribution is 2.32. The molecule has 0 unspecified atom stereocenters. The van der Waals surface area contributed by atoms with Gasteiger partial charge in [0.2, 0.25) is 11.8 Å². The van der Waals surface area contributed by atoms with Gasteiger partial charge in [0.25, 0.3) is 0 Å². The number of aromatic nitrogens is 2. The summed E-state index contributed by atoms with van der Waals surface area (Å²) in [5, 5.41) is 2.92. The molecular formula is C21H20N4O2. The first kappa shape index (κ1) is 17.0. The van der Waals surface area contributed by atoms with E-state index < -0.39 is 6.04 Å². The van der Waals surface area contributed by atoms with Crippen LogP contribution in [0.3, 0.4) is 0 Å². The van der Waals surface area contributed by atoms with Crippen molar-refractivity contribution >= 4 is 23.3 Å². The lowest BCUT2D eigenvalue weighted by Crippen LogP contribution is -2.42. The van der Waals surface area contributed by atoms with Crippen LogP contribution in [0.15, 0.2) is 73.6 Å². The number of pyridine rings is 1. The van der Waals surface area contributed by atoms with Gasteiger partial charge in [0.15, 0.2) is 0 Å². The van der Waals surface area contributed by atoms with Crippen LogP contribution in [0.25, 0.3) is 5.65 Å². The summed E-state index contributed by atoms with van der Waals surface area (Å²) in [6, 6.07) is 15.1. The third-order valence-corrected chi connectivity index (χ3v) is 5.00. The Bertz CT molecular complexity index is 996. The van der Waals surface area contributed by atoms with Crippen LogP contribution in [-0.2, 0) is 9.59 Å². The zero-order valence-electron chi connectivity index (χ0n) is 14.8. The van der Waals surface area contributed by atoms with Crippen LogP contribution in [0.1, 0.15) is 17.9 Å². The zero-order valence-corrected chi connectivity index (χ0v) is 14.8. The second-order valence-electron chi connectivity index (χ2n) is 6.62. The smallest absolute Gasteiger partial charge is 0.248 e. The van der Waals surface area contributed by atoms with Gasteiger partial charge in [-0.3, -0.25) is 14.0 Å². The van der Waals surface area contributed by atoms with Gasteiger partial charge in [0, 0.05) is 18.7 Å². The van der Waals surface area contributed by atoms with Gasteiger partial charge < -0.3 is 10.2 Å². The molecule has 2 aromatic heterocycles. The van der Waals surface area contributed by atoms with E-state index in [0.29, 0.717) is 18.8 Å². The lowest BCUT2D eigenvalue weighted by atomic mass is 9.96. The van der Waals surface area contributed by atoms with E-state index in [2.05, 4.69) is 16.9 Å². The summed E-state index contributed by atoms with van der Waals surface area (Å²) in [7, 11) is 0. The van der Waals surface area contributed by atoms with Crippen LogP contribution in [0.5, 0.6) is 0 Å².